The van der Waals surface area contributed by atoms with E-state index in [2.05, 4.69) is 5.32 Å². The topological polar surface area (TPSA) is 64.0 Å². The van der Waals surface area contributed by atoms with Crippen molar-refractivity contribution >= 4 is 44.9 Å². The summed E-state index contributed by atoms with van der Waals surface area (Å²) in [6.45, 7) is 6.04. The number of thiophene rings is 1. The summed E-state index contributed by atoms with van der Waals surface area (Å²) in [5.74, 6) is -0.0127. The number of aryl methyl sites for hydroxylation is 3. The second kappa shape index (κ2) is 10.1. The molecule has 1 N–H and O–H groups in total. The Balaban J connectivity index is 1.52. The number of fused-ring (bicyclic) bond motifs is 1. The van der Waals surface area contributed by atoms with Crippen LogP contribution in [-0.4, -0.2) is 21.2 Å². The Morgan fingerprint density at radius 1 is 0.972 bits per heavy atom. The molecule has 0 spiro atoms. The first-order chi connectivity index (χ1) is 17.4. The van der Waals surface area contributed by atoms with Gasteiger partial charge in [-0.05, 0) is 50.1 Å². The quantitative estimate of drug-likeness (QED) is 0.202. The molecule has 7 heteroatoms. The lowest BCUT2D eigenvalue weighted by Crippen LogP contribution is -2.22. The van der Waals surface area contributed by atoms with Crippen LogP contribution in [0.15, 0.2) is 88.1 Å². The molecule has 5 rings (SSSR count). The maximum Gasteiger partial charge on any atom is 0.268 e. The zero-order valence-corrected chi connectivity index (χ0v) is 21.9. The summed E-state index contributed by atoms with van der Waals surface area (Å²) < 4.78 is 1.61. The van der Waals surface area contributed by atoms with E-state index in [0.717, 1.165) is 39.2 Å². The minimum atomic E-state index is -0.146. The number of carbonyl (C=O) groups is 1. The van der Waals surface area contributed by atoms with Crippen LogP contribution in [0.3, 0.4) is 0 Å². The lowest BCUT2D eigenvalue weighted by Gasteiger charge is -2.13. The smallest absolute Gasteiger partial charge is 0.268 e. The first-order valence-corrected chi connectivity index (χ1v) is 13.4. The predicted octanol–water partition coefficient (Wildman–Crippen LogP) is 6.77. The minimum absolute atomic E-state index is 0.133. The van der Waals surface area contributed by atoms with Crippen molar-refractivity contribution in [1.29, 1.82) is 0 Å². The van der Waals surface area contributed by atoms with Gasteiger partial charge >= 0.3 is 0 Å². The summed E-state index contributed by atoms with van der Waals surface area (Å²) in [5, 5.41) is 6.05. The first kappa shape index (κ1) is 24.0. The number of hydrogen-bond acceptors (Lipinski definition) is 5. The number of anilines is 1. The number of thioether (sulfide) groups is 1. The van der Waals surface area contributed by atoms with E-state index < -0.39 is 0 Å². The molecular formula is C29H25N3O2S2. The fraction of sp³-hybridized carbons (Fsp3) is 0.138. The van der Waals surface area contributed by atoms with Gasteiger partial charge in [0.1, 0.15) is 4.83 Å². The maximum atomic E-state index is 13.9. The Labute approximate surface area is 217 Å². The van der Waals surface area contributed by atoms with Gasteiger partial charge in [-0.2, -0.15) is 0 Å². The van der Waals surface area contributed by atoms with Crippen molar-refractivity contribution in [3.05, 3.63) is 105 Å². The highest BCUT2D eigenvalue weighted by Crippen LogP contribution is 2.33. The van der Waals surface area contributed by atoms with Gasteiger partial charge in [-0.25, -0.2) is 4.98 Å². The van der Waals surface area contributed by atoms with Gasteiger partial charge in [0, 0.05) is 16.6 Å². The number of amides is 1. The van der Waals surface area contributed by atoms with Crippen LogP contribution in [0.4, 0.5) is 5.69 Å². The van der Waals surface area contributed by atoms with Crippen molar-refractivity contribution in [2.24, 2.45) is 0 Å². The molecule has 0 saturated heterocycles. The van der Waals surface area contributed by atoms with Gasteiger partial charge in [-0.15, -0.1) is 11.3 Å². The average Bonchev–Trinajstić information content (AvgIpc) is 3.30. The van der Waals surface area contributed by atoms with Gasteiger partial charge < -0.3 is 5.32 Å². The summed E-state index contributed by atoms with van der Waals surface area (Å²) in [4.78, 5) is 32.2. The van der Waals surface area contributed by atoms with E-state index in [4.69, 9.17) is 4.98 Å². The van der Waals surface area contributed by atoms with Crippen LogP contribution in [0.5, 0.6) is 0 Å². The van der Waals surface area contributed by atoms with Gasteiger partial charge in [0.05, 0.1) is 16.8 Å². The summed E-state index contributed by atoms with van der Waals surface area (Å²) in [5.41, 5.74) is 6.55. The van der Waals surface area contributed by atoms with Crippen LogP contribution < -0.4 is 10.9 Å². The van der Waals surface area contributed by atoms with E-state index >= 15 is 0 Å². The number of nitrogens with one attached hydrogen (secondary N) is 1. The molecular weight excluding hydrogens is 486 g/mol. The van der Waals surface area contributed by atoms with Crippen LogP contribution in [0, 0.1) is 20.8 Å². The number of rotatable bonds is 6. The van der Waals surface area contributed by atoms with Crippen LogP contribution in [0.2, 0.25) is 0 Å². The highest BCUT2D eigenvalue weighted by Gasteiger charge is 2.19. The second-order valence-corrected chi connectivity index (χ2v) is 10.5. The fourth-order valence-corrected chi connectivity index (χ4v) is 5.89. The van der Waals surface area contributed by atoms with Crippen LogP contribution in [0.1, 0.15) is 16.7 Å². The third-order valence-corrected chi connectivity index (χ3v) is 7.75. The van der Waals surface area contributed by atoms with E-state index in [-0.39, 0.29) is 17.2 Å². The SMILES string of the molecule is Cc1ccc(-c2csc3nc(SCC(=O)Nc4ccc(C)cc4C)n(-c4ccccc4)c(=O)c23)cc1. The Bertz CT molecular complexity index is 1620. The minimum Gasteiger partial charge on any atom is -0.325 e. The molecule has 0 aliphatic carbocycles. The third kappa shape index (κ3) is 4.85. The molecule has 3 aromatic carbocycles. The lowest BCUT2D eigenvalue weighted by molar-refractivity contribution is -0.113. The van der Waals surface area contributed by atoms with Gasteiger partial charge in [-0.1, -0.05) is 77.5 Å². The zero-order valence-electron chi connectivity index (χ0n) is 20.2. The van der Waals surface area contributed by atoms with Gasteiger partial charge in [0.2, 0.25) is 5.91 Å². The number of para-hydroxylation sites is 1. The Kier molecular flexibility index (Phi) is 6.76. The van der Waals surface area contributed by atoms with E-state index in [1.807, 2.05) is 98.9 Å². The fourth-order valence-electron chi connectivity index (χ4n) is 4.09. The van der Waals surface area contributed by atoms with E-state index in [1.54, 1.807) is 4.57 Å². The average molecular weight is 512 g/mol. The van der Waals surface area contributed by atoms with Crippen molar-refractivity contribution < 1.29 is 4.79 Å². The van der Waals surface area contributed by atoms with E-state index in [0.29, 0.717) is 15.4 Å². The van der Waals surface area contributed by atoms with Crippen molar-refractivity contribution in [3.8, 4) is 16.8 Å². The molecule has 0 unspecified atom stereocenters. The number of carbonyl (C=O) groups excluding carboxylic acids is 1. The normalized spacial score (nSPS) is 11.1. The zero-order chi connectivity index (χ0) is 25.2. The molecule has 0 aliphatic heterocycles. The highest BCUT2D eigenvalue weighted by atomic mass is 32.2. The molecule has 0 saturated carbocycles. The molecule has 5 aromatic rings. The summed E-state index contributed by atoms with van der Waals surface area (Å²) >= 11 is 2.71. The van der Waals surface area contributed by atoms with Crippen LogP contribution in [-0.2, 0) is 4.79 Å². The molecule has 0 aliphatic rings. The summed E-state index contributed by atoms with van der Waals surface area (Å²) in [7, 11) is 0. The van der Waals surface area contributed by atoms with Gasteiger partial charge in [0.15, 0.2) is 5.16 Å². The van der Waals surface area contributed by atoms with Crippen molar-refractivity contribution in [2.75, 3.05) is 11.1 Å². The summed E-state index contributed by atoms with van der Waals surface area (Å²) in [6.07, 6.45) is 0. The highest BCUT2D eigenvalue weighted by molar-refractivity contribution is 7.99. The largest absolute Gasteiger partial charge is 0.325 e. The molecule has 5 nitrogen and oxygen atoms in total. The number of benzene rings is 3. The molecule has 0 radical (unpaired) electrons. The lowest BCUT2D eigenvalue weighted by atomic mass is 10.1. The monoisotopic (exact) mass is 511 g/mol. The Morgan fingerprint density at radius 2 is 1.69 bits per heavy atom. The predicted molar refractivity (Wildman–Crippen MR) is 151 cm³/mol. The molecule has 180 valence electrons. The van der Waals surface area contributed by atoms with Crippen LogP contribution >= 0.6 is 23.1 Å². The number of hydrogen-bond donors (Lipinski definition) is 1. The van der Waals surface area contributed by atoms with Gasteiger partial charge in [0.25, 0.3) is 5.56 Å². The molecule has 0 atom stereocenters. The van der Waals surface area contributed by atoms with Crippen LogP contribution in [0.25, 0.3) is 27.0 Å². The van der Waals surface area contributed by atoms with Crippen molar-refractivity contribution in [1.82, 2.24) is 9.55 Å². The third-order valence-electron chi connectivity index (χ3n) is 5.94. The first-order valence-electron chi connectivity index (χ1n) is 11.6. The molecule has 0 bridgehead atoms. The van der Waals surface area contributed by atoms with E-state index in [1.165, 1.54) is 23.1 Å². The van der Waals surface area contributed by atoms with E-state index in [9.17, 15) is 9.59 Å². The number of aromatic nitrogens is 2. The molecule has 36 heavy (non-hydrogen) atoms. The summed E-state index contributed by atoms with van der Waals surface area (Å²) in [6, 6.07) is 23.5. The molecule has 0 fully saturated rings. The van der Waals surface area contributed by atoms with Gasteiger partial charge in [-0.3, -0.25) is 14.2 Å². The number of nitrogens with zero attached hydrogens (tertiary/aromatic N) is 2. The molecule has 2 aromatic heterocycles. The van der Waals surface area contributed by atoms with Crippen molar-refractivity contribution in [3.63, 3.8) is 0 Å². The molecule has 1 amide bonds. The Hall–Kier alpha value is -3.68. The molecule has 2 heterocycles. The standard InChI is InChI=1S/C29H25N3O2S2/c1-18-9-12-21(13-10-18)23-16-35-27-26(23)28(34)32(22-7-5-4-6-8-22)29(31-27)36-17-25(33)30-24-14-11-19(2)15-20(24)3/h4-16H,17H2,1-3H3,(H,30,33). The second-order valence-electron chi connectivity index (χ2n) is 8.72. The van der Waals surface area contributed by atoms with Crippen molar-refractivity contribution in [2.45, 2.75) is 25.9 Å². The Morgan fingerprint density at radius 3 is 2.42 bits per heavy atom. The maximum absolute atomic E-state index is 13.9.